The molecule has 1 saturated heterocycles. The molecule has 3 rings (SSSR count). The molecule has 32 heavy (non-hydrogen) atoms. The molecule has 2 N–H and O–H groups in total. The van der Waals surface area contributed by atoms with Crippen LogP contribution in [-0.4, -0.2) is 41.0 Å². The van der Waals surface area contributed by atoms with Gasteiger partial charge in [0.05, 0.1) is 6.10 Å². The first-order chi connectivity index (χ1) is 15.5. The Morgan fingerprint density at radius 1 is 0.969 bits per heavy atom. The lowest BCUT2D eigenvalue weighted by molar-refractivity contribution is 0.0761. The lowest BCUT2D eigenvalue weighted by Gasteiger charge is -2.20. The smallest absolute Gasteiger partial charge is 0.257 e. The van der Waals surface area contributed by atoms with E-state index in [1.165, 1.54) is 12.8 Å². The Bertz CT molecular complexity index is 920. The van der Waals surface area contributed by atoms with Crippen LogP contribution < -0.4 is 15.4 Å². The number of carbonyl (C=O) groups is 2. The highest BCUT2D eigenvalue weighted by atomic mass is 32.1. The summed E-state index contributed by atoms with van der Waals surface area (Å²) in [4.78, 5) is 27.1. The normalized spacial score (nSPS) is 14.8. The van der Waals surface area contributed by atoms with E-state index in [1.807, 2.05) is 11.8 Å². The Balaban J connectivity index is 1.52. The van der Waals surface area contributed by atoms with Crippen LogP contribution in [0.1, 0.15) is 66.7 Å². The number of hydrogen-bond donors (Lipinski definition) is 2. The van der Waals surface area contributed by atoms with Crippen LogP contribution >= 0.6 is 12.2 Å². The van der Waals surface area contributed by atoms with Crippen molar-refractivity contribution in [1.82, 2.24) is 10.2 Å². The van der Waals surface area contributed by atoms with E-state index in [2.05, 4.69) is 17.6 Å². The van der Waals surface area contributed by atoms with E-state index in [1.54, 1.807) is 48.5 Å². The van der Waals surface area contributed by atoms with Crippen LogP contribution in [0.25, 0.3) is 0 Å². The second kappa shape index (κ2) is 11.6. The molecule has 0 saturated carbocycles. The average molecular weight is 454 g/mol. The van der Waals surface area contributed by atoms with Crippen molar-refractivity contribution in [2.24, 2.45) is 0 Å². The predicted molar refractivity (Wildman–Crippen MR) is 131 cm³/mol. The van der Waals surface area contributed by atoms with Gasteiger partial charge in [-0.05, 0) is 86.9 Å². The summed E-state index contributed by atoms with van der Waals surface area (Å²) in [6, 6.07) is 14.1. The van der Waals surface area contributed by atoms with Crippen molar-refractivity contribution < 1.29 is 14.3 Å². The Labute approximate surface area is 195 Å². The van der Waals surface area contributed by atoms with Crippen molar-refractivity contribution in [3.8, 4) is 5.75 Å². The molecule has 0 aromatic heterocycles. The summed E-state index contributed by atoms with van der Waals surface area (Å²) in [6.45, 7) is 5.70. The van der Waals surface area contributed by atoms with Gasteiger partial charge in [-0.2, -0.15) is 0 Å². The predicted octanol–water partition coefficient (Wildman–Crippen LogP) is 5.01. The van der Waals surface area contributed by atoms with Gasteiger partial charge in [-0.1, -0.05) is 19.8 Å². The molecule has 0 spiro atoms. The lowest BCUT2D eigenvalue weighted by Crippen LogP contribution is -2.34. The zero-order valence-electron chi connectivity index (χ0n) is 18.7. The molecule has 1 aliphatic rings. The summed E-state index contributed by atoms with van der Waals surface area (Å²) in [6.07, 6.45) is 5.53. The highest BCUT2D eigenvalue weighted by Gasteiger charge is 2.17. The Morgan fingerprint density at radius 3 is 2.16 bits per heavy atom. The SMILES string of the molecule is CCC(C)Oc1ccc(C(=O)NC(=S)Nc2ccc(C(=O)N3CCCCCC3)cc2)cc1. The first-order valence-electron chi connectivity index (χ1n) is 11.2. The molecule has 170 valence electrons. The molecule has 0 bridgehead atoms. The van der Waals surface area contributed by atoms with Crippen molar-refractivity contribution in [2.75, 3.05) is 18.4 Å². The minimum Gasteiger partial charge on any atom is -0.491 e. The fourth-order valence-corrected chi connectivity index (χ4v) is 3.70. The van der Waals surface area contributed by atoms with Crippen LogP contribution in [0.4, 0.5) is 5.69 Å². The molecule has 0 radical (unpaired) electrons. The van der Waals surface area contributed by atoms with Gasteiger partial charge < -0.3 is 15.0 Å². The van der Waals surface area contributed by atoms with Gasteiger partial charge in [-0.25, -0.2) is 0 Å². The third-order valence-corrected chi connectivity index (χ3v) is 5.74. The first-order valence-corrected chi connectivity index (χ1v) is 11.7. The van der Waals surface area contributed by atoms with Crippen molar-refractivity contribution in [1.29, 1.82) is 0 Å². The number of carbonyl (C=O) groups excluding carboxylic acids is 2. The van der Waals surface area contributed by atoms with Crippen LogP contribution in [0.15, 0.2) is 48.5 Å². The fourth-order valence-electron chi connectivity index (χ4n) is 3.49. The molecule has 2 aromatic rings. The highest BCUT2D eigenvalue weighted by molar-refractivity contribution is 7.80. The molecule has 2 amide bonds. The molecular formula is C25H31N3O3S. The number of rotatable bonds is 6. The standard InChI is InChI=1S/C25H31N3O3S/c1-3-18(2)31-22-14-10-19(11-15-22)23(29)27-25(32)26-21-12-8-20(9-13-21)24(30)28-16-6-4-5-7-17-28/h8-15,18H,3-7,16-17H2,1-2H3,(H2,26,27,29,32). The largest absolute Gasteiger partial charge is 0.491 e. The van der Waals surface area contributed by atoms with Crippen molar-refractivity contribution in [3.05, 3.63) is 59.7 Å². The molecule has 7 heteroatoms. The van der Waals surface area contributed by atoms with Crippen LogP contribution in [0.5, 0.6) is 5.75 Å². The van der Waals surface area contributed by atoms with Crippen LogP contribution in [0.3, 0.4) is 0 Å². The molecule has 1 fully saturated rings. The number of amides is 2. The van der Waals surface area contributed by atoms with E-state index in [0.717, 1.165) is 38.1 Å². The van der Waals surface area contributed by atoms with E-state index in [4.69, 9.17) is 17.0 Å². The molecule has 1 heterocycles. The maximum absolute atomic E-state index is 12.7. The number of benzene rings is 2. The van der Waals surface area contributed by atoms with Crippen LogP contribution in [0, 0.1) is 0 Å². The van der Waals surface area contributed by atoms with Gasteiger partial charge in [0.25, 0.3) is 11.8 Å². The molecule has 6 nitrogen and oxygen atoms in total. The van der Waals surface area contributed by atoms with Crippen LogP contribution in [-0.2, 0) is 0 Å². The topological polar surface area (TPSA) is 70.7 Å². The van der Waals surface area contributed by atoms with Crippen molar-refractivity contribution >= 4 is 34.8 Å². The minimum absolute atomic E-state index is 0.0649. The van der Waals surface area contributed by atoms with Gasteiger partial charge in [0.1, 0.15) is 5.75 Å². The number of ether oxygens (including phenoxy) is 1. The first kappa shape index (κ1) is 23.7. The van der Waals surface area contributed by atoms with Gasteiger partial charge in [0.2, 0.25) is 0 Å². The third kappa shape index (κ3) is 6.79. The van der Waals surface area contributed by atoms with Gasteiger partial charge >= 0.3 is 0 Å². The second-order valence-electron chi connectivity index (χ2n) is 8.05. The summed E-state index contributed by atoms with van der Waals surface area (Å²) < 4.78 is 5.73. The number of hydrogen-bond acceptors (Lipinski definition) is 4. The van der Waals surface area contributed by atoms with Gasteiger partial charge in [-0.15, -0.1) is 0 Å². The summed E-state index contributed by atoms with van der Waals surface area (Å²) in [7, 11) is 0. The van der Waals surface area contributed by atoms with Crippen molar-refractivity contribution in [3.63, 3.8) is 0 Å². The van der Waals surface area contributed by atoms with E-state index in [9.17, 15) is 9.59 Å². The Kier molecular flexibility index (Phi) is 8.62. The quantitative estimate of drug-likeness (QED) is 0.602. The molecule has 1 unspecified atom stereocenters. The number of nitrogens with zero attached hydrogens (tertiary/aromatic N) is 1. The Hall–Kier alpha value is -2.93. The molecular weight excluding hydrogens is 422 g/mol. The molecule has 2 aromatic carbocycles. The van der Waals surface area contributed by atoms with E-state index in [-0.39, 0.29) is 23.0 Å². The fraction of sp³-hybridized carbons (Fsp3) is 0.400. The monoisotopic (exact) mass is 453 g/mol. The maximum atomic E-state index is 12.7. The van der Waals surface area contributed by atoms with Gasteiger partial charge in [-0.3, -0.25) is 14.9 Å². The number of thiocarbonyl (C=S) groups is 1. The van der Waals surface area contributed by atoms with E-state index in [0.29, 0.717) is 16.8 Å². The molecule has 1 atom stereocenters. The molecule has 0 aliphatic carbocycles. The zero-order valence-corrected chi connectivity index (χ0v) is 19.5. The summed E-state index contributed by atoms with van der Waals surface area (Å²) in [5.41, 5.74) is 1.86. The van der Waals surface area contributed by atoms with Gasteiger partial charge in [0, 0.05) is 29.9 Å². The number of nitrogens with one attached hydrogen (secondary N) is 2. The third-order valence-electron chi connectivity index (χ3n) is 5.54. The second-order valence-corrected chi connectivity index (χ2v) is 8.46. The maximum Gasteiger partial charge on any atom is 0.257 e. The summed E-state index contributed by atoms with van der Waals surface area (Å²) in [5.74, 6) is 0.493. The van der Waals surface area contributed by atoms with Gasteiger partial charge in [0.15, 0.2) is 5.11 Å². The summed E-state index contributed by atoms with van der Waals surface area (Å²) >= 11 is 5.27. The highest BCUT2D eigenvalue weighted by Crippen LogP contribution is 2.17. The number of likely N-dealkylation sites (tertiary alicyclic amines) is 1. The minimum atomic E-state index is -0.300. The number of anilines is 1. The molecule has 1 aliphatic heterocycles. The Morgan fingerprint density at radius 2 is 1.56 bits per heavy atom. The van der Waals surface area contributed by atoms with Crippen molar-refractivity contribution in [2.45, 2.75) is 52.1 Å². The van der Waals surface area contributed by atoms with E-state index < -0.39 is 0 Å². The summed E-state index contributed by atoms with van der Waals surface area (Å²) in [5, 5.41) is 5.87. The zero-order chi connectivity index (χ0) is 22.9. The van der Waals surface area contributed by atoms with Crippen LogP contribution in [0.2, 0.25) is 0 Å². The average Bonchev–Trinajstić information content (AvgIpc) is 3.09. The van der Waals surface area contributed by atoms with E-state index >= 15 is 0 Å². The lowest BCUT2D eigenvalue weighted by atomic mass is 10.1.